The average molecular weight is 311 g/mol. The van der Waals surface area contributed by atoms with Gasteiger partial charge in [-0.2, -0.15) is 0 Å². The van der Waals surface area contributed by atoms with Crippen LogP contribution in [0.4, 0.5) is 11.4 Å². The highest BCUT2D eigenvalue weighted by Gasteiger charge is 2.06. The van der Waals surface area contributed by atoms with Gasteiger partial charge in [0, 0.05) is 11.1 Å². The van der Waals surface area contributed by atoms with Crippen LogP contribution in [0.1, 0.15) is 0 Å². The van der Waals surface area contributed by atoms with Crippen molar-refractivity contribution in [3.63, 3.8) is 0 Å². The van der Waals surface area contributed by atoms with Crippen LogP contribution < -0.4 is 10.1 Å². The van der Waals surface area contributed by atoms with E-state index >= 15 is 0 Å². The van der Waals surface area contributed by atoms with Gasteiger partial charge >= 0.3 is 0 Å². The van der Waals surface area contributed by atoms with Crippen LogP contribution in [0.15, 0.2) is 97.1 Å². The Bertz CT molecular complexity index is 958. The first-order chi connectivity index (χ1) is 11.9. The first-order valence-electron chi connectivity index (χ1n) is 7.97. The van der Waals surface area contributed by atoms with E-state index in [0.717, 1.165) is 22.9 Å². The molecule has 0 aliphatic rings. The van der Waals surface area contributed by atoms with Crippen LogP contribution in [0.2, 0.25) is 0 Å². The van der Waals surface area contributed by atoms with E-state index in [0.29, 0.717) is 0 Å². The molecule has 4 rings (SSSR count). The molecule has 0 saturated heterocycles. The van der Waals surface area contributed by atoms with Crippen molar-refractivity contribution < 1.29 is 4.74 Å². The van der Waals surface area contributed by atoms with E-state index in [-0.39, 0.29) is 0 Å². The summed E-state index contributed by atoms with van der Waals surface area (Å²) in [5, 5.41) is 5.91. The third kappa shape index (κ3) is 2.95. The molecular formula is C22H17NO. The fourth-order valence-electron chi connectivity index (χ4n) is 2.75. The lowest BCUT2D eigenvalue weighted by Crippen LogP contribution is -1.95. The highest BCUT2D eigenvalue weighted by atomic mass is 16.5. The molecule has 0 saturated carbocycles. The largest absolute Gasteiger partial charge is 0.455 e. The summed E-state index contributed by atoms with van der Waals surface area (Å²) in [6.07, 6.45) is 0. The molecule has 4 aromatic carbocycles. The summed E-state index contributed by atoms with van der Waals surface area (Å²) in [4.78, 5) is 0. The quantitative estimate of drug-likeness (QED) is 0.472. The van der Waals surface area contributed by atoms with Gasteiger partial charge in [0.1, 0.15) is 5.75 Å². The lowest BCUT2D eigenvalue weighted by molar-refractivity contribution is 0.485. The Labute approximate surface area is 141 Å². The molecule has 0 atom stereocenters. The number of rotatable bonds is 4. The first kappa shape index (κ1) is 14.3. The monoisotopic (exact) mass is 311 g/mol. The Morgan fingerprint density at radius 3 is 2.12 bits per heavy atom. The third-order valence-electron chi connectivity index (χ3n) is 3.92. The molecule has 0 bridgehead atoms. The van der Waals surface area contributed by atoms with Crippen LogP contribution in [0, 0.1) is 0 Å². The zero-order valence-electron chi connectivity index (χ0n) is 13.1. The van der Waals surface area contributed by atoms with E-state index in [4.69, 9.17) is 4.74 Å². The average Bonchev–Trinajstić information content (AvgIpc) is 2.64. The molecule has 0 amide bonds. The summed E-state index contributed by atoms with van der Waals surface area (Å²) in [5.41, 5.74) is 2.01. The molecule has 0 heterocycles. The highest BCUT2D eigenvalue weighted by Crippen LogP contribution is 2.33. The molecule has 0 fully saturated rings. The van der Waals surface area contributed by atoms with Gasteiger partial charge in [-0.3, -0.25) is 0 Å². The molecular weight excluding hydrogens is 294 g/mol. The number of para-hydroxylation sites is 3. The smallest absolute Gasteiger partial charge is 0.150 e. The van der Waals surface area contributed by atoms with Crippen LogP contribution in [0.25, 0.3) is 10.8 Å². The van der Waals surface area contributed by atoms with Crippen molar-refractivity contribution in [2.24, 2.45) is 0 Å². The minimum Gasteiger partial charge on any atom is -0.455 e. The molecule has 4 aromatic rings. The fourth-order valence-corrected chi connectivity index (χ4v) is 2.75. The fraction of sp³-hybridized carbons (Fsp3) is 0. The number of hydrogen-bond acceptors (Lipinski definition) is 2. The minimum atomic E-state index is 0.802. The van der Waals surface area contributed by atoms with Gasteiger partial charge in [-0.15, -0.1) is 0 Å². The molecule has 2 heteroatoms. The van der Waals surface area contributed by atoms with Crippen LogP contribution in [0.3, 0.4) is 0 Å². The number of benzene rings is 4. The SMILES string of the molecule is c1ccc(Oc2ccccc2Nc2cccc3ccccc23)cc1. The number of hydrogen-bond donors (Lipinski definition) is 1. The van der Waals surface area contributed by atoms with Crippen LogP contribution in [-0.4, -0.2) is 0 Å². The number of fused-ring (bicyclic) bond motifs is 1. The Morgan fingerprint density at radius 1 is 0.542 bits per heavy atom. The summed E-state index contributed by atoms with van der Waals surface area (Å²) in [6, 6.07) is 32.4. The van der Waals surface area contributed by atoms with Gasteiger partial charge in [-0.05, 0) is 35.7 Å². The Hall–Kier alpha value is -3.26. The molecule has 2 nitrogen and oxygen atoms in total. The Morgan fingerprint density at radius 2 is 1.21 bits per heavy atom. The van der Waals surface area contributed by atoms with Crippen LogP contribution in [0.5, 0.6) is 11.5 Å². The van der Waals surface area contributed by atoms with Gasteiger partial charge < -0.3 is 10.1 Å². The molecule has 0 radical (unpaired) electrons. The van der Waals surface area contributed by atoms with E-state index in [1.54, 1.807) is 0 Å². The normalized spacial score (nSPS) is 10.5. The number of anilines is 2. The van der Waals surface area contributed by atoms with Crippen molar-refractivity contribution in [1.29, 1.82) is 0 Å². The molecule has 0 unspecified atom stereocenters. The minimum absolute atomic E-state index is 0.802. The second kappa shape index (κ2) is 6.47. The summed E-state index contributed by atoms with van der Waals surface area (Å²) in [6.45, 7) is 0. The third-order valence-corrected chi connectivity index (χ3v) is 3.92. The lowest BCUT2D eigenvalue weighted by Gasteiger charge is -2.14. The topological polar surface area (TPSA) is 21.3 Å². The lowest BCUT2D eigenvalue weighted by atomic mass is 10.1. The van der Waals surface area contributed by atoms with Gasteiger partial charge in [-0.1, -0.05) is 66.7 Å². The number of ether oxygens (including phenoxy) is 1. The highest BCUT2D eigenvalue weighted by molar-refractivity contribution is 5.95. The molecule has 116 valence electrons. The van der Waals surface area contributed by atoms with Crippen LogP contribution >= 0.6 is 0 Å². The van der Waals surface area contributed by atoms with Crippen molar-refractivity contribution in [2.75, 3.05) is 5.32 Å². The van der Waals surface area contributed by atoms with E-state index in [1.807, 2.05) is 54.6 Å². The van der Waals surface area contributed by atoms with E-state index in [1.165, 1.54) is 10.8 Å². The van der Waals surface area contributed by atoms with Gasteiger partial charge in [0.25, 0.3) is 0 Å². The van der Waals surface area contributed by atoms with E-state index < -0.39 is 0 Å². The van der Waals surface area contributed by atoms with Crippen LogP contribution in [-0.2, 0) is 0 Å². The molecule has 0 spiro atoms. The molecule has 0 aliphatic carbocycles. The Kier molecular flexibility index (Phi) is 3.86. The van der Waals surface area contributed by atoms with Crippen molar-refractivity contribution in [3.8, 4) is 11.5 Å². The second-order valence-electron chi connectivity index (χ2n) is 5.56. The standard InChI is InChI=1S/C22H17NO/c1-2-11-18(12-3-1)24-22-16-7-6-14-21(22)23-20-15-8-10-17-9-4-5-13-19(17)20/h1-16,23H. The van der Waals surface area contributed by atoms with Crippen molar-refractivity contribution in [3.05, 3.63) is 97.1 Å². The van der Waals surface area contributed by atoms with Crippen molar-refractivity contribution in [2.45, 2.75) is 0 Å². The first-order valence-corrected chi connectivity index (χ1v) is 7.97. The zero-order valence-corrected chi connectivity index (χ0v) is 13.1. The second-order valence-corrected chi connectivity index (χ2v) is 5.56. The molecule has 0 aromatic heterocycles. The maximum absolute atomic E-state index is 6.03. The molecule has 0 aliphatic heterocycles. The maximum Gasteiger partial charge on any atom is 0.150 e. The summed E-state index contributed by atoms with van der Waals surface area (Å²) < 4.78 is 6.03. The predicted molar refractivity (Wildman–Crippen MR) is 100 cm³/mol. The molecule has 1 N–H and O–H groups in total. The van der Waals surface area contributed by atoms with Gasteiger partial charge in [0.05, 0.1) is 5.69 Å². The zero-order chi connectivity index (χ0) is 16.2. The summed E-state index contributed by atoms with van der Waals surface area (Å²) in [5.74, 6) is 1.63. The van der Waals surface area contributed by atoms with E-state index in [9.17, 15) is 0 Å². The summed E-state index contributed by atoms with van der Waals surface area (Å²) in [7, 11) is 0. The predicted octanol–water partition coefficient (Wildman–Crippen LogP) is 6.38. The van der Waals surface area contributed by atoms with Gasteiger partial charge in [0.2, 0.25) is 0 Å². The Balaban J connectivity index is 1.70. The number of nitrogens with one attached hydrogen (secondary N) is 1. The van der Waals surface area contributed by atoms with E-state index in [2.05, 4.69) is 47.8 Å². The van der Waals surface area contributed by atoms with Crippen molar-refractivity contribution >= 4 is 22.1 Å². The van der Waals surface area contributed by atoms with Gasteiger partial charge in [-0.25, -0.2) is 0 Å². The summed E-state index contributed by atoms with van der Waals surface area (Å²) >= 11 is 0. The molecule has 24 heavy (non-hydrogen) atoms. The van der Waals surface area contributed by atoms with Crippen molar-refractivity contribution in [1.82, 2.24) is 0 Å². The maximum atomic E-state index is 6.03. The van der Waals surface area contributed by atoms with Gasteiger partial charge in [0.15, 0.2) is 5.75 Å².